The van der Waals surface area contributed by atoms with Crippen LogP contribution in [0.2, 0.25) is 0 Å². The number of pyridine rings is 1. The van der Waals surface area contributed by atoms with Gasteiger partial charge in [0.05, 0.1) is 24.4 Å². The quantitative estimate of drug-likeness (QED) is 0.658. The molecule has 2 saturated heterocycles. The Bertz CT molecular complexity index is 1060. The number of carbonyl (C=O) groups is 1. The average molecular weight is 419 g/mol. The molecule has 1 aromatic carbocycles. The number of piperidine rings is 1. The summed E-state index contributed by atoms with van der Waals surface area (Å²) in [5, 5.41) is 6.39. The number of benzene rings is 1. The molecule has 8 heteroatoms. The minimum atomic E-state index is 0.133. The standard InChI is InChI=1S/C23H26N6O2/c30-21-6-1-16(14-26-21)15-27-23-22-20(24-7-8-25-22)13-19(28-23)17-2-4-18(5-3-17)29-9-11-31-12-10-29/h2-5,7-8,13,16H,1,6,9-12,14-15H2,(H,26,30)(H,27,28). The van der Waals surface area contributed by atoms with Crippen LogP contribution in [0.15, 0.2) is 42.7 Å². The molecule has 0 spiro atoms. The van der Waals surface area contributed by atoms with Crippen molar-refractivity contribution in [2.24, 2.45) is 5.92 Å². The van der Waals surface area contributed by atoms with Gasteiger partial charge in [-0.15, -0.1) is 0 Å². The molecule has 0 radical (unpaired) electrons. The number of morpholine rings is 1. The van der Waals surface area contributed by atoms with Crippen LogP contribution in [0.1, 0.15) is 12.8 Å². The maximum atomic E-state index is 11.4. The molecule has 5 rings (SSSR count). The van der Waals surface area contributed by atoms with Gasteiger partial charge in [-0.05, 0) is 30.5 Å². The summed E-state index contributed by atoms with van der Waals surface area (Å²) in [5.74, 6) is 1.24. The third-order valence-corrected chi connectivity index (χ3v) is 5.92. The fraction of sp³-hybridized carbons (Fsp3) is 0.391. The van der Waals surface area contributed by atoms with E-state index in [-0.39, 0.29) is 5.91 Å². The summed E-state index contributed by atoms with van der Waals surface area (Å²) in [6.07, 6.45) is 4.85. The summed E-state index contributed by atoms with van der Waals surface area (Å²) in [6, 6.07) is 10.5. The second-order valence-corrected chi connectivity index (χ2v) is 8.02. The zero-order valence-electron chi connectivity index (χ0n) is 17.4. The molecule has 1 unspecified atom stereocenters. The topological polar surface area (TPSA) is 92.3 Å². The number of aromatic nitrogens is 3. The van der Waals surface area contributed by atoms with Gasteiger partial charge in [0.1, 0.15) is 5.52 Å². The highest BCUT2D eigenvalue weighted by Gasteiger charge is 2.19. The Morgan fingerprint density at radius 2 is 1.94 bits per heavy atom. The molecule has 2 aliphatic rings. The number of hydrogen-bond acceptors (Lipinski definition) is 7. The number of fused-ring (bicyclic) bond motifs is 1. The SMILES string of the molecule is O=C1CCC(CNc2nc(-c3ccc(N4CCOCC4)cc3)cc3nccnc23)CN1. The van der Waals surface area contributed by atoms with E-state index in [0.717, 1.165) is 67.4 Å². The molecule has 4 heterocycles. The van der Waals surface area contributed by atoms with Gasteiger partial charge in [0.2, 0.25) is 5.91 Å². The number of ether oxygens (including phenoxy) is 1. The molecule has 0 saturated carbocycles. The van der Waals surface area contributed by atoms with Gasteiger partial charge in [-0.1, -0.05) is 12.1 Å². The molecule has 1 atom stereocenters. The highest BCUT2D eigenvalue weighted by Crippen LogP contribution is 2.28. The van der Waals surface area contributed by atoms with E-state index < -0.39 is 0 Å². The maximum Gasteiger partial charge on any atom is 0.220 e. The molecule has 1 amide bonds. The normalized spacial score (nSPS) is 19.3. The molecular formula is C23H26N6O2. The molecular weight excluding hydrogens is 392 g/mol. The summed E-state index contributed by atoms with van der Waals surface area (Å²) < 4.78 is 5.45. The molecule has 2 N–H and O–H groups in total. The number of hydrogen-bond donors (Lipinski definition) is 2. The van der Waals surface area contributed by atoms with Crippen LogP contribution in [0.3, 0.4) is 0 Å². The molecule has 31 heavy (non-hydrogen) atoms. The Labute approximate surface area is 181 Å². The lowest BCUT2D eigenvalue weighted by molar-refractivity contribution is -0.122. The fourth-order valence-electron chi connectivity index (χ4n) is 4.11. The average Bonchev–Trinajstić information content (AvgIpc) is 2.84. The minimum Gasteiger partial charge on any atom is -0.378 e. The zero-order chi connectivity index (χ0) is 21.0. The minimum absolute atomic E-state index is 0.133. The van der Waals surface area contributed by atoms with E-state index in [1.807, 2.05) is 6.07 Å². The van der Waals surface area contributed by atoms with E-state index in [0.29, 0.717) is 18.9 Å². The first-order valence-electron chi connectivity index (χ1n) is 10.8. The van der Waals surface area contributed by atoms with Gasteiger partial charge in [0, 0.05) is 56.2 Å². The highest BCUT2D eigenvalue weighted by molar-refractivity contribution is 5.88. The Hall–Kier alpha value is -3.26. The first-order valence-corrected chi connectivity index (χ1v) is 10.8. The van der Waals surface area contributed by atoms with E-state index >= 15 is 0 Å². The molecule has 2 fully saturated rings. The van der Waals surface area contributed by atoms with Crippen molar-refractivity contribution in [2.45, 2.75) is 12.8 Å². The van der Waals surface area contributed by atoms with Gasteiger partial charge in [-0.2, -0.15) is 0 Å². The molecule has 0 aliphatic carbocycles. The molecule has 8 nitrogen and oxygen atoms in total. The van der Waals surface area contributed by atoms with Crippen molar-refractivity contribution in [2.75, 3.05) is 49.6 Å². The number of nitrogens with one attached hydrogen (secondary N) is 2. The van der Waals surface area contributed by atoms with Crippen LogP contribution in [0, 0.1) is 5.92 Å². The lowest BCUT2D eigenvalue weighted by Crippen LogP contribution is -2.37. The van der Waals surface area contributed by atoms with Gasteiger partial charge in [-0.25, -0.2) is 9.97 Å². The number of nitrogens with zero attached hydrogens (tertiary/aromatic N) is 4. The Morgan fingerprint density at radius 3 is 2.71 bits per heavy atom. The van der Waals surface area contributed by atoms with Crippen molar-refractivity contribution in [3.63, 3.8) is 0 Å². The lowest BCUT2D eigenvalue weighted by Gasteiger charge is -2.28. The highest BCUT2D eigenvalue weighted by atomic mass is 16.5. The third-order valence-electron chi connectivity index (χ3n) is 5.92. The number of amides is 1. The summed E-state index contributed by atoms with van der Waals surface area (Å²) in [4.78, 5) is 27.6. The van der Waals surface area contributed by atoms with E-state index in [9.17, 15) is 4.79 Å². The predicted molar refractivity (Wildman–Crippen MR) is 120 cm³/mol. The van der Waals surface area contributed by atoms with Gasteiger partial charge in [-0.3, -0.25) is 9.78 Å². The molecule has 160 valence electrons. The van der Waals surface area contributed by atoms with Crippen molar-refractivity contribution in [3.8, 4) is 11.3 Å². The largest absolute Gasteiger partial charge is 0.378 e. The molecule has 0 bridgehead atoms. The summed E-state index contributed by atoms with van der Waals surface area (Å²) in [7, 11) is 0. The smallest absolute Gasteiger partial charge is 0.220 e. The van der Waals surface area contributed by atoms with Crippen molar-refractivity contribution in [3.05, 3.63) is 42.7 Å². The monoisotopic (exact) mass is 418 g/mol. The Morgan fingerprint density at radius 1 is 1.13 bits per heavy atom. The van der Waals surface area contributed by atoms with E-state index in [1.54, 1.807) is 12.4 Å². The van der Waals surface area contributed by atoms with Crippen molar-refractivity contribution in [1.29, 1.82) is 0 Å². The zero-order valence-corrected chi connectivity index (χ0v) is 17.4. The van der Waals surface area contributed by atoms with Crippen LogP contribution in [-0.2, 0) is 9.53 Å². The molecule has 2 aliphatic heterocycles. The Kier molecular flexibility index (Phi) is 5.62. The maximum absolute atomic E-state index is 11.4. The van der Waals surface area contributed by atoms with Gasteiger partial charge < -0.3 is 20.3 Å². The van der Waals surface area contributed by atoms with Crippen LogP contribution >= 0.6 is 0 Å². The third kappa shape index (κ3) is 4.44. The number of rotatable bonds is 5. The van der Waals surface area contributed by atoms with Crippen LogP contribution in [0.25, 0.3) is 22.3 Å². The summed E-state index contributed by atoms with van der Waals surface area (Å²) in [6.45, 7) is 4.80. The van der Waals surface area contributed by atoms with Gasteiger partial charge >= 0.3 is 0 Å². The Balaban J connectivity index is 1.39. The molecule has 3 aromatic rings. The summed E-state index contributed by atoms with van der Waals surface area (Å²) >= 11 is 0. The predicted octanol–water partition coefficient (Wildman–Crippen LogP) is 2.47. The molecule has 2 aromatic heterocycles. The van der Waals surface area contributed by atoms with Crippen molar-refractivity contribution in [1.82, 2.24) is 20.3 Å². The second kappa shape index (κ2) is 8.85. The number of carbonyl (C=O) groups excluding carboxylic acids is 1. The second-order valence-electron chi connectivity index (χ2n) is 8.02. The lowest BCUT2D eigenvalue weighted by atomic mass is 9.99. The van der Waals surface area contributed by atoms with Crippen molar-refractivity contribution >= 4 is 28.4 Å². The summed E-state index contributed by atoms with van der Waals surface area (Å²) in [5.41, 5.74) is 4.67. The van der Waals surface area contributed by atoms with Gasteiger partial charge in [0.25, 0.3) is 0 Å². The first-order chi connectivity index (χ1) is 15.3. The van der Waals surface area contributed by atoms with Gasteiger partial charge in [0.15, 0.2) is 5.82 Å². The number of anilines is 2. The van der Waals surface area contributed by atoms with Crippen LogP contribution in [-0.4, -0.2) is 60.3 Å². The first kappa shape index (κ1) is 19.7. The van der Waals surface area contributed by atoms with E-state index in [4.69, 9.17) is 9.72 Å². The van der Waals surface area contributed by atoms with Crippen molar-refractivity contribution < 1.29 is 9.53 Å². The van der Waals surface area contributed by atoms with E-state index in [1.165, 1.54) is 5.69 Å². The van der Waals surface area contributed by atoms with Crippen LogP contribution in [0.4, 0.5) is 11.5 Å². The fourth-order valence-corrected chi connectivity index (χ4v) is 4.11. The van der Waals surface area contributed by atoms with E-state index in [2.05, 4.69) is 49.8 Å². The van der Waals surface area contributed by atoms with Crippen LogP contribution < -0.4 is 15.5 Å². The van der Waals surface area contributed by atoms with Crippen LogP contribution in [0.5, 0.6) is 0 Å².